The highest BCUT2D eigenvalue weighted by molar-refractivity contribution is 6.20. The van der Waals surface area contributed by atoms with Gasteiger partial charge in [-0.3, -0.25) is 5.41 Å². The van der Waals surface area contributed by atoms with Gasteiger partial charge in [-0.15, -0.1) is 0 Å². The van der Waals surface area contributed by atoms with E-state index in [1.807, 2.05) is 18.2 Å². The number of nitrogen functional groups attached to an aromatic ring is 1. The van der Waals surface area contributed by atoms with Crippen LogP contribution in [-0.2, 0) is 0 Å². The molecule has 1 aliphatic carbocycles. The van der Waals surface area contributed by atoms with Gasteiger partial charge in [-0.2, -0.15) is 0 Å². The predicted octanol–water partition coefficient (Wildman–Crippen LogP) is 6.86. The minimum atomic E-state index is 0.0772. The van der Waals surface area contributed by atoms with Gasteiger partial charge in [0.25, 0.3) is 0 Å². The molecule has 3 N–H and O–H groups in total. The number of hydrogen-bond acceptors (Lipinski definition) is 3. The molecule has 0 spiro atoms. The lowest BCUT2D eigenvalue weighted by Crippen LogP contribution is -2.37. The number of aliphatic imine (C=N–C) groups is 1. The van der Waals surface area contributed by atoms with E-state index in [9.17, 15) is 0 Å². The van der Waals surface area contributed by atoms with Crippen molar-refractivity contribution in [3.05, 3.63) is 120 Å². The van der Waals surface area contributed by atoms with Gasteiger partial charge in [0.1, 0.15) is 11.9 Å². The number of nitrogens with two attached hydrogens (primary N) is 1. The number of para-hydroxylation sites is 1. The van der Waals surface area contributed by atoms with Crippen LogP contribution in [0.1, 0.15) is 11.1 Å². The third-order valence-electron chi connectivity index (χ3n) is 7.04. The Morgan fingerprint density at radius 2 is 1.51 bits per heavy atom. The fraction of sp³-hybridized carbons (Fsp3) is 0.0323. The topological polar surface area (TPSA) is 65.5 Å². The first-order valence-electron chi connectivity index (χ1n) is 11.7. The van der Waals surface area contributed by atoms with Crippen LogP contribution in [0.15, 0.2) is 114 Å². The summed E-state index contributed by atoms with van der Waals surface area (Å²) in [6, 6.07) is 31.7. The molecule has 1 unspecified atom stereocenters. The van der Waals surface area contributed by atoms with Crippen molar-refractivity contribution in [3.63, 3.8) is 0 Å². The van der Waals surface area contributed by atoms with Gasteiger partial charge < -0.3 is 10.6 Å². The molecule has 0 saturated carbocycles. The number of rotatable bonds is 3. The first kappa shape index (κ1) is 19.7. The molecule has 0 aromatic heterocycles. The van der Waals surface area contributed by atoms with Gasteiger partial charge in [0.05, 0.1) is 17.1 Å². The molecule has 0 radical (unpaired) electrons. The van der Waals surface area contributed by atoms with Gasteiger partial charge >= 0.3 is 0 Å². The van der Waals surface area contributed by atoms with E-state index in [0.29, 0.717) is 0 Å². The summed E-state index contributed by atoms with van der Waals surface area (Å²) < 4.78 is 0. The maximum absolute atomic E-state index is 7.76. The van der Waals surface area contributed by atoms with Crippen molar-refractivity contribution in [3.8, 4) is 22.3 Å². The molecule has 4 heteroatoms. The predicted molar refractivity (Wildman–Crippen MR) is 145 cm³/mol. The Morgan fingerprint density at radius 3 is 2.34 bits per heavy atom. The molecule has 0 amide bonds. The molecule has 4 aromatic carbocycles. The monoisotopic (exact) mass is 450 g/mol. The molecule has 35 heavy (non-hydrogen) atoms. The Morgan fingerprint density at radius 1 is 0.771 bits per heavy atom. The van der Waals surface area contributed by atoms with Crippen molar-refractivity contribution in [2.24, 2.45) is 10.7 Å². The Hall–Kier alpha value is -4.70. The van der Waals surface area contributed by atoms with E-state index in [0.717, 1.165) is 44.9 Å². The van der Waals surface area contributed by atoms with Crippen molar-refractivity contribution in [2.45, 2.75) is 6.04 Å². The largest absolute Gasteiger partial charge is 0.384 e. The number of amidine groups is 1. The molecule has 0 bridgehead atoms. The molecule has 2 heterocycles. The number of allylic oxidation sites excluding steroid dienone is 2. The number of nitrogens with one attached hydrogen (secondary N) is 1. The summed E-state index contributed by atoms with van der Waals surface area (Å²) in [5.41, 5.74) is 17.9. The number of fused-ring (bicyclic) bond motifs is 5. The Labute approximate surface area is 203 Å². The van der Waals surface area contributed by atoms with Gasteiger partial charge in [0.15, 0.2) is 0 Å². The van der Waals surface area contributed by atoms with Crippen LogP contribution in [0, 0.1) is 5.41 Å². The van der Waals surface area contributed by atoms with E-state index >= 15 is 0 Å². The summed E-state index contributed by atoms with van der Waals surface area (Å²) >= 11 is 0. The zero-order chi connectivity index (χ0) is 23.5. The van der Waals surface area contributed by atoms with E-state index in [2.05, 4.69) is 95.9 Å². The van der Waals surface area contributed by atoms with Crippen molar-refractivity contribution in [1.29, 1.82) is 5.41 Å². The van der Waals surface area contributed by atoms with Gasteiger partial charge in [-0.25, -0.2) is 4.99 Å². The minimum Gasteiger partial charge on any atom is -0.384 e. The van der Waals surface area contributed by atoms with Crippen molar-refractivity contribution in [1.82, 2.24) is 0 Å². The number of anilines is 2. The van der Waals surface area contributed by atoms with E-state index < -0.39 is 0 Å². The third kappa shape index (κ3) is 3.00. The van der Waals surface area contributed by atoms with Crippen LogP contribution < -0.4 is 10.6 Å². The number of hydrogen-bond donors (Lipinski definition) is 2. The molecule has 166 valence electrons. The highest BCUT2D eigenvalue weighted by Crippen LogP contribution is 2.52. The first-order valence-corrected chi connectivity index (χ1v) is 11.7. The van der Waals surface area contributed by atoms with Crippen LogP contribution in [0.3, 0.4) is 0 Å². The molecular weight excluding hydrogens is 428 g/mol. The summed E-state index contributed by atoms with van der Waals surface area (Å²) in [7, 11) is 0. The lowest BCUT2D eigenvalue weighted by Gasteiger charge is -2.34. The van der Waals surface area contributed by atoms with Gasteiger partial charge in [-0.05, 0) is 64.2 Å². The summed E-state index contributed by atoms with van der Waals surface area (Å²) in [6.07, 6.45) is 6.46. The van der Waals surface area contributed by atoms with E-state index in [1.165, 1.54) is 16.8 Å². The lowest BCUT2D eigenvalue weighted by atomic mass is 9.92. The standard InChI is InChI=1S/C31H22N4/c32-31(33)23-9-4-8-21(17-23)19-6-3-7-20(16-19)22-14-15-29-27(18-22)34-26-12-5-11-25-24-10-1-2-13-28(24)35(29)30(25)26/h1-18,30H,(H3,32,33). The minimum absolute atomic E-state index is 0.0772. The molecule has 3 aliphatic rings. The second-order valence-electron chi connectivity index (χ2n) is 9.09. The molecule has 7 rings (SSSR count). The zero-order valence-corrected chi connectivity index (χ0v) is 18.9. The molecule has 0 saturated heterocycles. The summed E-state index contributed by atoms with van der Waals surface area (Å²) in [6.45, 7) is 0. The van der Waals surface area contributed by atoms with Gasteiger partial charge in [0, 0.05) is 16.8 Å². The Balaban J connectivity index is 1.33. The maximum atomic E-state index is 7.76. The van der Waals surface area contributed by atoms with Crippen LogP contribution in [0.25, 0.3) is 27.8 Å². The quantitative estimate of drug-likeness (QED) is 0.264. The van der Waals surface area contributed by atoms with Crippen LogP contribution in [0.2, 0.25) is 0 Å². The maximum Gasteiger partial charge on any atom is 0.122 e. The van der Waals surface area contributed by atoms with E-state index in [1.54, 1.807) is 0 Å². The van der Waals surface area contributed by atoms with Crippen molar-refractivity contribution in [2.75, 3.05) is 4.90 Å². The average molecular weight is 451 g/mol. The molecule has 0 fully saturated rings. The number of benzene rings is 4. The lowest BCUT2D eigenvalue weighted by molar-refractivity contribution is 1.02. The summed E-state index contributed by atoms with van der Waals surface area (Å²) in [4.78, 5) is 7.53. The highest BCUT2D eigenvalue weighted by Gasteiger charge is 2.41. The molecule has 2 aliphatic heterocycles. The van der Waals surface area contributed by atoms with Crippen LogP contribution >= 0.6 is 0 Å². The van der Waals surface area contributed by atoms with Crippen LogP contribution in [-0.4, -0.2) is 17.6 Å². The van der Waals surface area contributed by atoms with Crippen molar-refractivity contribution < 1.29 is 0 Å². The normalized spacial score (nSPS) is 16.7. The van der Waals surface area contributed by atoms with Gasteiger partial charge in [0.2, 0.25) is 0 Å². The molecule has 4 nitrogen and oxygen atoms in total. The summed E-state index contributed by atoms with van der Waals surface area (Å²) in [5, 5.41) is 7.76. The van der Waals surface area contributed by atoms with Crippen LogP contribution in [0.4, 0.5) is 17.1 Å². The second kappa shape index (κ2) is 7.40. The second-order valence-corrected chi connectivity index (χ2v) is 9.09. The Kier molecular flexibility index (Phi) is 4.18. The SMILES string of the molecule is N=C(N)c1cccc(-c2cccc(-c3ccc4c(c3)N=C3C=CC=C5c6ccccc6N4C53)c2)c1. The van der Waals surface area contributed by atoms with Crippen LogP contribution in [0.5, 0.6) is 0 Å². The molecular formula is C31H22N4. The summed E-state index contributed by atoms with van der Waals surface area (Å²) in [5.74, 6) is 0.0772. The van der Waals surface area contributed by atoms with Gasteiger partial charge in [-0.1, -0.05) is 72.8 Å². The molecule has 4 aromatic rings. The fourth-order valence-electron chi connectivity index (χ4n) is 5.41. The van der Waals surface area contributed by atoms with E-state index in [4.69, 9.17) is 16.1 Å². The van der Waals surface area contributed by atoms with Crippen molar-refractivity contribution >= 4 is 34.2 Å². The fourth-order valence-corrected chi connectivity index (χ4v) is 5.41. The average Bonchev–Trinajstić information content (AvgIpc) is 3.25. The third-order valence-corrected chi connectivity index (χ3v) is 7.04. The number of nitrogens with zero attached hydrogens (tertiary/aromatic N) is 2. The Bertz CT molecular complexity index is 1640. The van der Waals surface area contributed by atoms with E-state index in [-0.39, 0.29) is 11.9 Å². The zero-order valence-electron chi connectivity index (χ0n) is 18.9. The highest BCUT2D eigenvalue weighted by atomic mass is 15.2. The molecule has 1 atom stereocenters. The smallest absolute Gasteiger partial charge is 0.122 e. The first-order chi connectivity index (χ1) is 17.2.